The van der Waals surface area contributed by atoms with Gasteiger partial charge in [0, 0.05) is 10.6 Å². The van der Waals surface area contributed by atoms with Gasteiger partial charge in [0.15, 0.2) is 0 Å². The Labute approximate surface area is 146 Å². The fourth-order valence-electron chi connectivity index (χ4n) is 1.91. The first-order valence-corrected chi connectivity index (χ1v) is 8.02. The largest absolute Gasteiger partial charge is 0.460 e. The highest BCUT2D eigenvalue weighted by Gasteiger charge is 2.18. The Hall–Kier alpha value is -1.89. The molecule has 0 spiro atoms. The molecule has 0 bridgehead atoms. The Bertz CT molecular complexity index is 565. The van der Waals surface area contributed by atoms with Crippen molar-refractivity contribution in [1.29, 1.82) is 0 Å². The summed E-state index contributed by atoms with van der Waals surface area (Å²) in [6.07, 6.45) is 2.72. The lowest BCUT2D eigenvalue weighted by atomic mass is 10.1. The number of carbonyl (C=O) groups is 2. The minimum Gasteiger partial charge on any atom is -0.460 e. The van der Waals surface area contributed by atoms with Crippen molar-refractivity contribution in [3.63, 3.8) is 0 Å². The Morgan fingerprint density at radius 1 is 1.12 bits per heavy atom. The molecular formula is C17H23ClN2O4. The van der Waals surface area contributed by atoms with E-state index in [0.717, 1.165) is 0 Å². The summed E-state index contributed by atoms with van der Waals surface area (Å²) in [6.45, 7) is 3.64. The maximum Gasteiger partial charge on any atom is 0.323 e. The van der Waals surface area contributed by atoms with Crippen LogP contribution in [0.15, 0.2) is 36.9 Å². The molecule has 4 N–H and O–H groups in total. The number of nitrogens with two attached hydrogens (primary N) is 2. The summed E-state index contributed by atoms with van der Waals surface area (Å²) in [5, 5.41) is 0.530. The summed E-state index contributed by atoms with van der Waals surface area (Å²) in [5.41, 5.74) is 12.2. The Morgan fingerprint density at radius 2 is 1.71 bits per heavy atom. The number of carbonyl (C=O) groups excluding carboxylic acids is 2. The van der Waals surface area contributed by atoms with Crippen LogP contribution in [0.3, 0.4) is 0 Å². The van der Waals surface area contributed by atoms with E-state index in [-0.39, 0.29) is 13.2 Å². The van der Waals surface area contributed by atoms with Crippen molar-refractivity contribution < 1.29 is 19.1 Å². The molecule has 2 atom stereocenters. The zero-order valence-electron chi connectivity index (χ0n) is 13.4. The molecule has 1 rings (SSSR count). The first-order valence-electron chi connectivity index (χ1n) is 7.64. The molecule has 0 heterocycles. The summed E-state index contributed by atoms with van der Waals surface area (Å²) >= 11 is 5.99. The van der Waals surface area contributed by atoms with E-state index in [0.29, 0.717) is 29.8 Å². The molecule has 7 heteroatoms. The van der Waals surface area contributed by atoms with Crippen LogP contribution in [0.4, 0.5) is 0 Å². The second kappa shape index (κ2) is 10.8. The van der Waals surface area contributed by atoms with Crippen molar-refractivity contribution in [2.75, 3.05) is 6.61 Å². The highest BCUT2D eigenvalue weighted by molar-refractivity contribution is 6.31. The molecule has 1 aromatic rings. The molecule has 24 heavy (non-hydrogen) atoms. The van der Waals surface area contributed by atoms with Gasteiger partial charge >= 0.3 is 11.9 Å². The zero-order valence-corrected chi connectivity index (χ0v) is 14.2. The Balaban J connectivity index is 2.28. The molecule has 0 aliphatic rings. The quantitative estimate of drug-likeness (QED) is 0.491. The van der Waals surface area contributed by atoms with Gasteiger partial charge in [-0.1, -0.05) is 42.5 Å². The third kappa shape index (κ3) is 7.12. The Kier molecular flexibility index (Phi) is 9.07. The van der Waals surface area contributed by atoms with Crippen LogP contribution in [-0.4, -0.2) is 30.6 Å². The molecule has 0 radical (unpaired) electrons. The van der Waals surface area contributed by atoms with Gasteiger partial charge in [-0.25, -0.2) is 0 Å². The predicted molar refractivity (Wildman–Crippen MR) is 92.2 cm³/mol. The smallest absolute Gasteiger partial charge is 0.323 e. The molecule has 1 aromatic carbocycles. The second-order valence-electron chi connectivity index (χ2n) is 5.26. The highest BCUT2D eigenvalue weighted by Crippen LogP contribution is 2.16. The summed E-state index contributed by atoms with van der Waals surface area (Å²) < 4.78 is 9.99. The van der Waals surface area contributed by atoms with Crippen LogP contribution in [0.25, 0.3) is 0 Å². The van der Waals surface area contributed by atoms with Crippen molar-refractivity contribution in [3.8, 4) is 0 Å². The summed E-state index contributed by atoms with van der Waals surface area (Å²) in [6, 6.07) is 5.58. The van der Waals surface area contributed by atoms with Crippen molar-refractivity contribution in [3.05, 3.63) is 47.5 Å². The lowest BCUT2D eigenvalue weighted by Crippen LogP contribution is -2.35. The predicted octanol–water partition coefficient (Wildman–Crippen LogP) is 1.94. The Morgan fingerprint density at radius 3 is 2.29 bits per heavy atom. The molecule has 0 aromatic heterocycles. The van der Waals surface area contributed by atoms with E-state index in [1.54, 1.807) is 18.2 Å². The van der Waals surface area contributed by atoms with Gasteiger partial charge in [-0.05, 0) is 25.3 Å². The molecule has 6 nitrogen and oxygen atoms in total. The van der Waals surface area contributed by atoms with Gasteiger partial charge in [-0.15, -0.1) is 0 Å². The van der Waals surface area contributed by atoms with Crippen molar-refractivity contribution in [1.82, 2.24) is 0 Å². The number of hydrogen-bond acceptors (Lipinski definition) is 6. The van der Waals surface area contributed by atoms with Gasteiger partial charge in [-0.3, -0.25) is 9.59 Å². The molecular weight excluding hydrogens is 332 g/mol. The fraction of sp³-hybridized carbons (Fsp3) is 0.412. The molecule has 0 aliphatic heterocycles. The first kappa shape index (κ1) is 20.2. The average Bonchev–Trinajstić information content (AvgIpc) is 2.58. The van der Waals surface area contributed by atoms with E-state index < -0.39 is 24.0 Å². The summed E-state index contributed by atoms with van der Waals surface area (Å²) in [4.78, 5) is 23.3. The van der Waals surface area contributed by atoms with Crippen molar-refractivity contribution >= 4 is 23.5 Å². The van der Waals surface area contributed by atoms with Crippen molar-refractivity contribution in [2.24, 2.45) is 11.5 Å². The van der Waals surface area contributed by atoms with Gasteiger partial charge in [0.1, 0.15) is 25.3 Å². The average molecular weight is 355 g/mol. The second-order valence-corrected chi connectivity index (χ2v) is 5.67. The van der Waals surface area contributed by atoms with E-state index >= 15 is 0 Å². The first-order chi connectivity index (χ1) is 11.5. The van der Waals surface area contributed by atoms with Gasteiger partial charge < -0.3 is 20.9 Å². The minimum atomic E-state index is -0.774. The lowest BCUT2D eigenvalue weighted by Gasteiger charge is -2.14. The lowest BCUT2D eigenvalue weighted by molar-refractivity contribution is -0.146. The van der Waals surface area contributed by atoms with Crippen molar-refractivity contribution in [2.45, 2.75) is 38.0 Å². The van der Waals surface area contributed by atoms with E-state index in [9.17, 15) is 9.59 Å². The van der Waals surface area contributed by atoms with Crippen LogP contribution in [0.1, 0.15) is 24.8 Å². The minimum absolute atomic E-state index is 0.0690. The number of benzene rings is 1. The maximum absolute atomic E-state index is 11.9. The molecule has 0 saturated carbocycles. The molecule has 1 unspecified atom stereocenters. The third-order valence-corrected chi connectivity index (χ3v) is 3.68. The molecule has 0 aliphatic carbocycles. The SMILES string of the molecule is C=CCOC(=O)[C@@H](N)CCCC(N)C(=O)OCc1ccccc1Cl. The molecule has 0 amide bonds. The van der Waals surface area contributed by atoms with Crippen LogP contribution >= 0.6 is 11.6 Å². The molecule has 0 fully saturated rings. The number of rotatable bonds is 10. The molecule has 132 valence electrons. The zero-order chi connectivity index (χ0) is 17.9. The van der Waals surface area contributed by atoms with E-state index in [1.807, 2.05) is 6.07 Å². The topological polar surface area (TPSA) is 105 Å². The molecule has 0 saturated heterocycles. The standard InChI is InChI=1S/C17H23ClN2O4/c1-2-10-23-16(21)14(19)8-5-9-15(20)17(22)24-11-12-6-3-4-7-13(12)18/h2-4,6-7,14-15H,1,5,8-11,19-20H2/t14-,15?/m0/s1. The number of esters is 2. The summed E-state index contributed by atoms with van der Waals surface area (Å²) in [5.74, 6) is -1.01. The van der Waals surface area contributed by atoms with E-state index in [2.05, 4.69) is 6.58 Å². The van der Waals surface area contributed by atoms with Gasteiger partial charge in [0.2, 0.25) is 0 Å². The van der Waals surface area contributed by atoms with Crippen LogP contribution < -0.4 is 11.5 Å². The van der Waals surface area contributed by atoms with E-state index in [1.165, 1.54) is 6.08 Å². The van der Waals surface area contributed by atoms with Crippen LogP contribution in [-0.2, 0) is 25.7 Å². The number of hydrogen-bond donors (Lipinski definition) is 2. The highest BCUT2D eigenvalue weighted by atomic mass is 35.5. The number of ether oxygens (including phenoxy) is 2. The van der Waals surface area contributed by atoms with Crippen LogP contribution in [0.2, 0.25) is 5.02 Å². The van der Waals surface area contributed by atoms with Gasteiger partial charge in [0.25, 0.3) is 0 Å². The van der Waals surface area contributed by atoms with Crippen LogP contribution in [0, 0.1) is 0 Å². The third-order valence-electron chi connectivity index (χ3n) is 3.31. The monoisotopic (exact) mass is 354 g/mol. The fourth-order valence-corrected chi connectivity index (χ4v) is 2.10. The normalized spacial score (nSPS) is 13.0. The number of halogens is 1. The van der Waals surface area contributed by atoms with Crippen LogP contribution in [0.5, 0.6) is 0 Å². The van der Waals surface area contributed by atoms with Gasteiger partial charge in [-0.2, -0.15) is 0 Å². The van der Waals surface area contributed by atoms with E-state index in [4.69, 9.17) is 32.5 Å². The summed E-state index contributed by atoms with van der Waals surface area (Å²) in [7, 11) is 0. The van der Waals surface area contributed by atoms with Gasteiger partial charge in [0.05, 0.1) is 0 Å². The maximum atomic E-state index is 11.9.